The summed E-state index contributed by atoms with van der Waals surface area (Å²) in [5.41, 5.74) is 1.82. The Bertz CT molecular complexity index is 697. The molecule has 2 rings (SSSR count). The Morgan fingerprint density at radius 2 is 1.89 bits per heavy atom. The first-order valence-corrected chi connectivity index (χ1v) is 8.88. The van der Waals surface area contributed by atoms with Gasteiger partial charge in [-0.1, -0.05) is 0 Å². The Morgan fingerprint density at radius 3 is 2.47 bits per heavy atom. The van der Waals surface area contributed by atoms with Gasteiger partial charge in [0, 0.05) is 13.6 Å². The predicted octanol–water partition coefficient (Wildman–Crippen LogP) is -0.115. The monoisotopic (exact) mass is 305 g/mol. The Labute approximate surface area is 112 Å². The number of fused-ring (bicyclic) bond motifs is 1. The van der Waals surface area contributed by atoms with Crippen LogP contribution in [0.25, 0.3) is 0 Å². The Balaban J connectivity index is 2.33. The van der Waals surface area contributed by atoms with Crippen LogP contribution in [0.1, 0.15) is 5.56 Å². The lowest BCUT2D eigenvalue weighted by atomic mass is 10.1. The van der Waals surface area contributed by atoms with Crippen LogP contribution in [0.15, 0.2) is 18.2 Å². The van der Waals surface area contributed by atoms with E-state index in [1.165, 1.54) is 17.4 Å². The van der Waals surface area contributed by atoms with Crippen molar-refractivity contribution < 1.29 is 16.8 Å². The third kappa shape index (κ3) is 2.99. The van der Waals surface area contributed by atoms with Crippen molar-refractivity contribution in [3.8, 4) is 0 Å². The highest BCUT2D eigenvalue weighted by Gasteiger charge is 2.26. The van der Waals surface area contributed by atoms with E-state index in [4.69, 9.17) is 0 Å². The Morgan fingerprint density at radius 1 is 1.21 bits per heavy atom. The van der Waals surface area contributed by atoms with Gasteiger partial charge in [0.25, 0.3) is 10.2 Å². The summed E-state index contributed by atoms with van der Waals surface area (Å²) >= 11 is 0. The molecule has 0 aromatic heterocycles. The summed E-state index contributed by atoms with van der Waals surface area (Å²) in [6, 6.07) is 4.80. The second-order valence-electron chi connectivity index (χ2n) is 4.24. The summed E-state index contributed by atoms with van der Waals surface area (Å²) in [6.45, 7) is 0.385. The quantitative estimate of drug-likeness (QED) is 0.811. The van der Waals surface area contributed by atoms with E-state index >= 15 is 0 Å². The summed E-state index contributed by atoms with van der Waals surface area (Å²) < 4.78 is 51.7. The average Bonchev–Trinajstić information content (AvgIpc) is 2.71. The molecule has 7 nitrogen and oxygen atoms in total. The summed E-state index contributed by atoms with van der Waals surface area (Å²) in [5, 5.41) is 0. The predicted molar refractivity (Wildman–Crippen MR) is 73.9 cm³/mol. The largest absolute Gasteiger partial charge is 0.298 e. The molecular weight excluding hydrogens is 290 g/mol. The fourth-order valence-corrected chi connectivity index (χ4v) is 3.48. The summed E-state index contributed by atoms with van der Waals surface area (Å²) in [5.74, 6) is 0. The number of nitrogens with one attached hydrogen (secondary N) is 2. The van der Waals surface area contributed by atoms with Crippen molar-refractivity contribution in [1.29, 1.82) is 0 Å². The van der Waals surface area contributed by atoms with Crippen LogP contribution in [0.3, 0.4) is 0 Å². The van der Waals surface area contributed by atoms with Crippen molar-refractivity contribution in [3.05, 3.63) is 23.8 Å². The molecule has 0 amide bonds. The molecule has 2 N–H and O–H groups in total. The van der Waals surface area contributed by atoms with Crippen molar-refractivity contribution in [3.63, 3.8) is 0 Å². The molecule has 1 heterocycles. The van der Waals surface area contributed by atoms with Crippen LogP contribution in [0.5, 0.6) is 0 Å². The molecule has 0 bridgehead atoms. The zero-order chi connectivity index (χ0) is 14.3. The maximum Gasteiger partial charge on any atom is 0.298 e. The van der Waals surface area contributed by atoms with E-state index < -0.39 is 20.2 Å². The van der Waals surface area contributed by atoms with Gasteiger partial charge in [-0.25, -0.2) is 13.1 Å². The summed E-state index contributed by atoms with van der Waals surface area (Å²) in [7, 11) is -5.54. The lowest BCUT2D eigenvalue weighted by molar-refractivity contribution is 0.593. The maximum absolute atomic E-state index is 11.6. The van der Waals surface area contributed by atoms with Gasteiger partial charge >= 0.3 is 0 Å². The molecule has 106 valence electrons. The number of benzene rings is 1. The van der Waals surface area contributed by atoms with Crippen LogP contribution in [-0.4, -0.2) is 36.7 Å². The topological polar surface area (TPSA) is 95.6 Å². The van der Waals surface area contributed by atoms with Crippen molar-refractivity contribution >= 4 is 31.6 Å². The molecule has 0 fully saturated rings. The highest BCUT2D eigenvalue weighted by atomic mass is 32.2. The lowest BCUT2D eigenvalue weighted by Crippen LogP contribution is -2.27. The second-order valence-corrected chi connectivity index (χ2v) is 7.76. The Kier molecular flexibility index (Phi) is 3.45. The molecule has 1 aliphatic rings. The first-order chi connectivity index (χ1) is 8.73. The smallest absolute Gasteiger partial charge is 0.271 e. The zero-order valence-electron chi connectivity index (χ0n) is 10.5. The minimum absolute atomic E-state index is 0.385. The van der Waals surface area contributed by atoms with Crippen LogP contribution >= 0.6 is 0 Å². The highest BCUT2D eigenvalue weighted by Crippen LogP contribution is 2.32. The number of anilines is 2. The second kappa shape index (κ2) is 4.66. The SMILES string of the molecule is CNS(=O)(=O)Nc1ccc2c(c1)CCN2S(C)(=O)=O. The van der Waals surface area contributed by atoms with Gasteiger partial charge in [-0.05, 0) is 30.2 Å². The maximum atomic E-state index is 11.6. The standard InChI is InChI=1S/C10H15N3O4S2/c1-11-19(16,17)12-9-3-4-10-8(7-9)5-6-13(10)18(2,14)15/h3-4,7,11-12H,5-6H2,1-2H3. The third-order valence-electron chi connectivity index (χ3n) is 2.85. The molecule has 1 aromatic rings. The number of hydrogen-bond acceptors (Lipinski definition) is 4. The molecule has 1 aromatic carbocycles. The molecule has 0 saturated carbocycles. The van der Waals surface area contributed by atoms with E-state index in [0.717, 1.165) is 11.8 Å². The van der Waals surface area contributed by atoms with E-state index in [-0.39, 0.29) is 0 Å². The van der Waals surface area contributed by atoms with Gasteiger partial charge in [-0.2, -0.15) is 8.42 Å². The van der Waals surface area contributed by atoms with Gasteiger partial charge in [0.05, 0.1) is 17.6 Å². The number of rotatable bonds is 4. The summed E-state index contributed by atoms with van der Waals surface area (Å²) in [4.78, 5) is 0. The van der Waals surface area contributed by atoms with Gasteiger partial charge < -0.3 is 0 Å². The van der Waals surface area contributed by atoms with E-state index in [9.17, 15) is 16.8 Å². The summed E-state index contributed by atoms with van der Waals surface area (Å²) in [6.07, 6.45) is 1.72. The fraction of sp³-hybridized carbons (Fsp3) is 0.400. The van der Waals surface area contributed by atoms with Crippen LogP contribution in [0.4, 0.5) is 11.4 Å². The van der Waals surface area contributed by atoms with Gasteiger partial charge in [0.1, 0.15) is 0 Å². The molecular formula is C10H15N3O4S2. The van der Waals surface area contributed by atoms with E-state index in [0.29, 0.717) is 24.3 Å². The minimum Gasteiger partial charge on any atom is -0.271 e. The van der Waals surface area contributed by atoms with Gasteiger partial charge in [0.15, 0.2) is 0 Å². The average molecular weight is 305 g/mol. The van der Waals surface area contributed by atoms with Crippen molar-refractivity contribution in [2.75, 3.05) is 28.9 Å². The normalized spacial score (nSPS) is 15.4. The van der Waals surface area contributed by atoms with Gasteiger partial charge in [0.2, 0.25) is 10.0 Å². The molecule has 1 aliphatic heterocycles. The van der Waals surface area contributed by atoms with Crippen LogP contribution < -0.4 is 13.7 Å². The molecule has 0 spiro atoms. The first kappa shape index (κ1) is 14.1. The van der Waals surface area contributed by atoms with Crippen LogP contribution in [-0.2, 0) is 26.7 Å². The van der Waals surface area contributed by atoms with Gasteiger partial charge in [-0.3, -0.25) is 9.03 Å². The van der Waals surface area contributed by atoms with Gasteiger partial charge in [-0.15, -0.1) is 0 Å². The van der Waals surface area contributed by atoms with Crippen LogP contribution in [0, 0.1) is 0 Å². The Hall–Kier alpha value is -1.32. The molecule has 9 heteroatoms. The van der Waals surface area contributed by atoms with Crippen molar-refractivity contribution in [2.45, 2.75) is 6.42 Å². The van der Waals surface area contributed by atoms with E-state index in [1.807, 2.05) is 0 Å². The first-order valence-electron chi connectivity index (χ1n) is 5.55. The van der Waals surface area contributed by atoms with Crippen molar-refractivity contribution in [2.24, 2.45) is 0 Å². The minimum atomic E-state index is -3.56. The molecule has 0 radical (unpaired) electrons. The lowest BCUT2D eigenvalue weighted by Gasteiger charge is -2.16. The molecule has 0 saturated heterocycles. The molecule has 0 atom stereocenters. The van der Waals surface area contributed by atoms with E-state index in [1.54, 1.807) is 12.1 Å². The molecule has 0 aliphatic carbocycles. The van der Waals surface area contributed by atoms with Crippen molar-refractivity contribution in [1.82, 2.24) is 4.72 Å². The number of sulfonamides is 1. The number of hydrogen-bond donors (Lipinski definition) is 2. The van der Waals surface area contributed by atoms with E-state index in [2.05, 4.69) is 9.44 Å². The number of nitrogens with zero attached hydrogens (tertiary/aromatic N) is 1. The van der Waals surface area contributed by atoms with Crippen LogP contribution in [0.2, 0.25) is 0 Å². The highest BCUT2D eigenvalue weighted by molar-refractivity contribution is 7.92. The third-order valence-corrected chi connectivity index (χ3v) is 5.08. The zero-order valence-corrected chi connectivity index (χ0v) is 12.2. The molecule has 19 heavy (non-hydrogen) atoms. The molecule has 0 unspecified atom stereocenters. The fourth-order valence-electron chi connectivity index (χ4n) is 1.99.